The minimum atomic E-state index is 0.771. The smallest absolute Gasteiger partial charge is 0.123 e. The zero-order valence-corrected chi connectivity index (χ0v) is 10.1. The molecule has 0 aromatic heterocycles. The molecule has 1 nitrogen and oxygen atoms in total. The third-order valence-electron chi connectivity index (χ3n) is 4.31. The Morgan fingerprint density at radius 3 is 2.75 bits per heavy atom. The maximum atomic E-state index is 5.77. The van der Waals surface area contributed by atoms with Crippen molar-refractivity contribution in [2.24, 2.45) is 5.92 Å². The molecule has 1 aromatic carbocycles. The van der Waals surface area contributed by atoms with Crippen LogP contribution in [-0.2, 0) is 6.61 Å². The summed E-state index contributed by atoms with van der Waals surface area (Å²) in [4.78, 5) is 0. The summed E-state index contributed by atoms with van der Waals surface area (Å²) in [6, 6.07) is 6.77. The Morgan fingerprint density at radius 2 is 2.25 bits per heavy atom. The molecule has 0 N–H and O–H groups in total. The van der Waals surface area contributed by atoms with Gasteiger partial charge in [-0.15, -0.1) is 0 Å². The first kappa shape index (κ1) is 9.41. The van der Waals surface area contributed by atoms with Gasteiger partial charge in [0.25, 0.3) is 0 Å². The van der Waals surface area contributed by atoms with Crippen LogP contribution < -0.4 is 4.74 Å². The number of hydrogen-bond donors (Lipinski definition) is 0. The fraction of sp³-hybridized carbons (Fsp3) is 0.571. The van der Waals surface area contributed by atoms with Crippen molar-refractivity contribution in [3.8, 4) is 5.75 Å². The highest BCUT2D eigenvalue weighted by Gasteiger charge is 2.38. The van der Waals surface area contributed by atoms with Gasteiger partial charge in [0.15, 0.2) is 0 Å². The molecular formula is C14H16OS. The number of hydrogen-bond acceptors (Lipinski definition) is 2. The second-order valence-corrected chi connectivity index (χ2v) is 6.59. The van der Waals surface area contributed by atoms with Crippen LogP contribution in [0, 0.1) is 5.92 Å². The largest absolute Gasteiger partial charge is 0.489 e. The van der Waals surface area contributed by atoms with E-state index >= 15 is 0 Å². The van der Waals surface area contributed by atoms with Crippen molar-refractivity contribution >= 4 is 11.8 Å². The highest BCUT2D eigenvalue weighted by Crippen LogP contribution is 2.51. The number of thioether (sulfide) groups is 1. The Bertz CT molecular complexity index is 421. The van der Waals surface area contributed by atoms with E-state index in [1.165, 1.54) is 36.1 Å². The topological polar surface area (TPSA) is 9.23 Å². The molecule has 6 rings (SSSR count). The third kappa shape index (κ3) is 1.32. The Kier molecular flexibility index (Phi) is 2.02. The summed E-state index contributed by atoms with van der Waals surface area (Å²) in [6.45, 7) is 0.795. The van der Waals surface area contributed by atoms with Crippen molar-refractivity contribution in [1.29, 1.82) is 0 Å². The molecule has 0 spiro atoms. The summed E-state index contributed by atoms with van der Waals surface area (Å²) in [5.74, 6) is 4.30. The fourth-order valence-electron chi connectivity index (χ4n) is 3.44. The van der Waals surface area contributed by atoms with Gasteiger partial charge in [0.1, 0.15) is 12.4 Å². The molecule has 0 amide bonds. The Hall–Kier alpha value is -0.630. The van der Waals surface area contributed by atoms with Gasteiger partial charge in [0.05, 0.1) is 0 Å². The molecule has 3 atom stereocenters. The maximum Gasteiger partial charge on any atom is 0.123 e. The Balaban J connectivity index is 1.73. The van der Waals surface area contributed by atoms with E-state index in [2.05, 4.69) is 30.0 Å². The lowest BCUT2D eigenvalue weighted by atomic mass is 9.77. The summed E-state index contributed by atoms with van der Waals surface area (Å²) in [6.07, 6.45) is 4.28. The van der Waals surface area contributed by atoms with Crippen LogP contribution in [-0.4, -0.2) is 11.0 Å². The van der Waals surface area contributed by atoms with Crippen molar-refractivity contribution < 1.29 is 4.74 Å². The van der Waals surface area contributed by atoms with Crippen LogP contribution in [0.2, 0.25) is 0 Å². The van der Waals surface area contributed by atoms with Crippen LogP contribution in [0.4, 0.5) is 0 Å². The minimum Gasteiger partial charge on any atom is -0.489 e. The average molecular weight is 232 g/mol. The SMILES string of the molecule is c1cc2c(C3CC4CCC3SC4)cc1CO2. The van der Waals surface area contributed by atoms with Crippen LogP contribution in [0.25, 0.3) is 0 Å². The number of fused-ring (bicyclic) bond motifs is 7. The molecule has 84 valence electrons. The molecule has 3 fully saturated rings. The molecule has 1 saturated carbocycles. The summed E-state index contributed by atoms with van der Waals surface area (Å²) in [5, 5.41) is 0.862. The highest BCUT2D eigenvalue weighted by molar-refractivity contribution is 8.00. The second-order valence-electron chi connectivity index (χ2n) is 5.32. The van der Waals surface area contributed by atoms with Gasteiger partial charge in [0.2, 0.25) is 0 Å². The van der Waals surface area contributed by atoms with Crippen molar-refractivity contribution in [2.75, 3.05) is 5.75 Å². The summed E-state index contributed by atoms with van der Waals surface area (Å²) >= 11 is 2.20. The average Bonchev–Trinajstić information content (AvgIpc) is 2.41. The molecule has 4 bridgehead atoms. The van der Waals surface area contributed by atoms with Crippen molar-refractivity contribution in [2.45, 2.75) is 37.0 Å². The van der Waals surface area contributed by atoms with E-state index in [0.29, 0.717) is 0 Å². The molecule has 1 aromatic rings. The molecule has 4 aliphatic heterocycles. The maximum absolute atomic E-state index is 5.77. The predicted octanol–water partition coefficient (Wildman–Crippen LogP) is 3.58. The van der Waals surface area contributed by atoms with E-state index in [9.17, 15) is 0 Å². The predicted molar refractivity (Wildman–Crippen MR) is 67.1 cm³/mol. The molecule has 3 unspecified atom stereocenters. The van der Waals surface area contributed by atoms with Gasteiger partial charge in [-0.25, -0.2) is 0 Å². The minimum absolute atomic E-state index is 0.771. The molecule has 2 saturated heterocycles. The Labute approximate surface area is 101 Å². The first-order chi connectivity index (χ1) is 7.90. The van der Waals surface area contributed by atoms with Gasteiger partial charge >= 0.3 is 0 Å². The van der Waals surface area contributed by atoms with Crippen LogP contribution in [0.5, 0.6) is 5.75 Å². The van der Waals surface area contributed by atoms with E-state index in [0.717, 1.165) is 29.4 Å². The first-order valence-corrected chi connectivity index (χ1v) is 7.32. The van der Waals surface area contributed by atoms with Gasteiger partial charge in [-0.3, -0.25) is 0 Å². The number of benzene rings is 1. The molecule has 4 heterocycles. The van der Waals surface area contributed by atoms with Crippen molar-refractivity contribution in [1.82, 2.24) is 0 Å². The van der Waals surface area contributed by atoms with Crippen molar-refractivity contribution in [3.05, 3.63) is 29.3 Å². The van der Waals surface area contributed by atoms with E-state index < -0.39 is 0 Å². The van der Waals surface area contributed by atoms with Crippen LogP contribution in [0.3, 0.4) is 0 Å². The highest BCUT2D eigenvalue weighted by atomic mass is 32.2. The summed E-state index contributed by atoms with van der Waals surface area (Å²) in [5.41, 5.74) is 2.86. The summed E-state index contributed by atoms with van der Waals surface area (Å²) in [7, 11) is 0. The molecule has 5 aliphatic rings. The van der Waals surface area contributed by atoms with Crippen LogP contribution in [0.15, 0.2) is 18.2 Å². The lowest BCUT2D eigenvalue weighted by molar-refractivity contribution is 0.275. The lowest BCUT2D eigenvalue weighted by Crippen LogP contribution is -2.33. The number of rotatable bonds is 1. The molecule has 0 radical (unpaired) electrons. The van der Waals surface area contributed by atoms with Crippen LogP contribution >= 0.6 is 11.8 Å². The molecule has 1 aliphatic carbocycles. The molecular weight excluding hydrogens is 216 g/mol. The van der Waals surface area contributed by atoms with E-state index in [-0.39, 0.29) is 0 Å². The van der Waals surface area contributed by atoms with E-state index in [4.69, 9.17) is 4.74 Å². The van der Waals surface area contributed by atoms with Gasteiger partial charge in [0, 0.05) is 5.25 Å². The zero-order chi connectivity index (χ0) is 10.5. The number of ether oxygens (including phenoxy) is 1. The fourth-order valence-corrected chi connectivity index (χ4v) is 5.05. The quantitative estimate of drug-likeness (QED) is 0.732. The first-order valence-electron chi connectivity index (χ1n) is 6.27. The van der Waals surface area contributed by atoms with E-state index in [1.807, 2.05) is 0 Å². The normalized spacial score (nSPS) is 35.1. The molecule has 2 heteroatoms. The standard InChI is InChI=1S/C14H16OS/c1-3-13-11(5-9(1)7-15-13)12-6-10-2-4-14(12)16-8-10/h1,3,5,10,12,14H,2,4,6-8H2. The lowest BCUT2D eigenvalue weighted by Gasteiger charge is -2.43. The third-order valence-corrected chi connectivity index (χ3v) is 5.97. The van der Waals surface area contributed by atoms with Gasteiger partial charge in [-0.2, -0.15) is 11.8 Å². The second kappa shape index (κ2) is 3.43. The van der Waals surface area contributed by atoms with E-state index in [1.54, 1.807) is 0 Å². The summed E-state index contributed by atoms with van der Waals surface area (Å²) < 4.78 is 5.77. The monoisotopic (exact) mass is 232 g/mol. The van der Waals surface area contributed by atoms with Crippen LogP contribution in [0.1, 0.15) is 36.3 Å². The zero-order valence-electron chi connectivity index (χ0n) is 9.32. The molecule has 16 heavy (non-hydrogen) atoms. The van der Waals surface area contributed by atoms with Gasteiger partial charge in [-0.05, 0) is 60.1 Å². The van der Waals surface area contributed by atoms with Gasteiger partial charge in [-0.1, -0.05) is 6.07 Å². The van der Waals surface area contributed by atoms with Crippen molar-refractivity contribution in [3.63, 3.8) is 0 Å². The van der Waals surface area contributed by atoms with Gasteiger partial charge < -0.3 is 4.74 Å². The Morgan fingerprint density at radius 1 is 1.25 bits per heavy atom.